The molecule has 4 nitrogen and oxygen atoms in total. The van der Waals surface area contributed by atoms with Crippen molar-refractivity contribution in [1.29, 1.82) is 0 Å². The van der Waals surface area contributed by atoms with Crippen LogP contribution in [0.5, 0.6) is 0 Å². The largest absolute Gasteiger partial charge is 0.390 e. The van der Waals surface area contributed by atoms with Crippen LogP contribution in [-0.2, 0) is 11.2 Å². The molecule has 0 unspecified atom stereocenters. The average molecular weight is 288 g/mol. The van der Waals surface area contributed by atoms with Crippen LogP contribution in [0, 0.1) is 5.92 Å². The van der Waals surface area contributed by atoms with Gasteiger partial charge in [-0.25, -0.2) is 0 Å². The molecule has 3 rings (SSSR count). The first-order chi connectivity index (χ1) is 10.2. The molecule has 1 saturated heterocycles. The number of aliphatic hydroxyl groups excluding tert-OH is 1. The number of piperidine rings is 1. The molecule has 114 valence electrons. The maximum absolute atomic E-state index is 12.2. The van der Waals surface area contributed by atoms with Gasteiger partial charge >= 0.3 is 0 Å². The minimum Gasteiger partial charge on any atom is -0.390 e. The Morgan fingerprint density at radius 3 is 2.86 bits per heavy atom. The number of nitrogens with one attached hydrogen (secondary N) is 2. The van der Waals surface area contributed by atoms with Crippen LogP contribution >= 0.6 is 0 Å². The summed E-state index contributed by atoms with van der Waals surface area (Å²) < 4.78 is 0. The highest BCUT2D eigenvalue weighted by Gasteiger charge is 2.31. The molecule has 4 heteroatoms. The first-order valence-corrected chi connectivity index (χ1v) is 8.00. The summed E-state index contributed by atoms with van der Waals surface area (Å²) in [7, 11) is 0. The van der Waals surface area contributed by atoms with Gasteiger partial charge in [0.15, 0.2) is 0 Å². The second-order valence-corrected chi connectivity index (χ2v) is 6.25. The third kappa shape index (κ3) is 3.44. The third-order valence-corrected chi connectivity index (χ3v) is 4.76. The number of amides is 1. The maximum atomic E-state index is 12.2. The van der Waals surface area contributed by atoms with Crippen molar-refractivity contribution < 1.29 is 9.90 Å². The van der Waals surface area contributed by atoms with Gasteiger partial charge in [0.05, 0.1) is 12.1 Å². The summed E-state index contributed by atoms with van der Waals surface area (Å²) in [6.45, 7) is 2.14. The fourth-order valence-corrected chi connectivity index (χ4v) is 3.50. The number of fused-ring (bicyclic) bond motifs is 1. The Hall–Kier alpha value is -1.39. The topological polar surface area (TPSA) is 61.4 Å². The van der Waals surface area contributed by atoms with Gasteiger partial charge in [-0.1, -0.05) is 24.3 Å². The molecular formula is C17H24N2O2. The normalized spacial score (nSPS) is 25.6. The van der Waals surface area contributed by atoms with E-state index in [2.05, 4.69) is 10.6 Å². The molecule has 1 fully saturated rings. The molecule has 1 aromatic carbocycles. The van der Waals surface area contributed by atoms with Gasteiger partial charge in [0.2, 0.25) is 5.91 Å². The summed E-state index contributed by atoms with van der Waals surface area (Å²) in [6, 6.07) is 7.74. The SMILES string of the molecule is O=C(CCC1CCNCC1)N[C@@H]1c2ccccc2C[C@@H]1O. The predicted molar refractivity (Wildman–Crippen MR) is 81.9 cm³/mol. The van der Waals surface area contributed by atoms with Gasteiger partial charge < -0.3 is 15.7 Å². The average Bonchev–Trinajstić information content (AvgIpc) is 2.82. The lowest BCUT2D eigenvalue weighted by Crippen LogP contribution is -2.34. The summed E-state index contributed by atoms with van der Waals surface area (Å²) in [6.07, 6.45) is 4.00. The predicted octanol–water partition coefficient (Wildman–Crippen LogP) is 1.54. The number of carbonyl (C=O) groups excluding carboxylic acids is 1. The quantitative estimate of drug-likeness (QED) is 0.787. The first-order valence-electron chi connectivity index (χ1n) is 8.00. The Morgan fingerprint density at radius 2 is 2.05 bits per heavy atom. The molecule has 1 aliphatic carbocycles. The van der Waals surface area contributed by atoms with Crippen molar-refractivity contribution in [1.82, 2.24) is 10.6 Å². The molecule has 0 aromatic heterocycles. The van der Waals surface area contributed by atoms with Crippen molar-refractivity contribution in [2.45, 2.75) is 44.2 Å². The molecule has 3 N–H and O–H groups in total. The number of carbonyl (C=O) groups is 1. The second kappa shape index (κ2) is 6.58. The van der Waals surface area contributed by atoms with E-state index in [1.165, 1.54) is 12.8 Å². The molecular weight excluding hydrogens is 264 g/mol. The van der Waals surface area contributed by atoms with E-state index in [-0.39, 0.29) is 11.9 Å². The lowest BCUT2D eigenvalue weighted by Gasteiger charge is -2.23. The number of hydrogen-bond acceptors (Lipinski definition) is 3. The van der Waals surface area contributed by atoms with Gasteiger partial charge in [-0.15, -0.1) is 0 Å². The highest BCUT2D eigenvalue weighted by molar-refractivity contribution is 5.76. The van der Waals surface area contributed by atoms with E-state index in [0.29, 0.717) is 18.8 Å². The fourth-order valence-electron chi connectivity index (χ4n) is 3.50. The van der Waals surface area contributed by atoms with Crippen LogP contribution in [0.1, 0.15) is 42.9 Å². The summed E-state index contributed by atoms with van der Waals surface area (Å²) in [5.41, 5.74) is 2.22. The highest BCUT2D eigenvalue weighted by Crippen LogP contribution is 2.31. The number of benzene rings is 1. The van der Waals surface area contributed by atoms with Crippen LogP contribution < -0.4 is 10.6 Å². The van der Waals surface area contributed by atoms with E-state index in [1.807, 2.05) is 24.3 Å². The minimum absolute atomic E-state index is 0.0642. The molecule has 2 aliphatic rings. The second-order valence-electron chi connectivity index (χ2n) is 6.25. The van der Waals surface area contributed by atoms with Crippen molar-refractivity contribution in [3.8, 4) is 0 Å². The van der Waals surface area contributed by atoms with Gasteiger partial charge in [0.1, 0.15) is 0 Å². The molecule has 1 aromatic rings. The van der Waals surface area contributed by atoms with Gasteiger partial charge in [-0.2, -0.15) is 0 Å². The molecule has 1 amide bonds. The highest BCUT2D eigenvalue weighted by atomic mass is 16.3. The molecule has 2 atom stereocenters. The van der Waals surface area contributed by atoms with Crippen molar-refractivity contribution in [2.75, 3.05) is 13.1 Å². The summed E-state index contributed by atoms with van der Waals surface area (Å²) in [5, 5.41) is 16.5. The molecule has 21 heavy (non-hydrogen) atoms. The lowest BCUT2D eigenvalue weighted by molar-refractivity contribution is -0.123. The van der Waals surface area contributed by atoms with Crippen molar-refractivity contribution >= 4 is 5.91 Å². The Balaban J connectivity index is 1.52. The zero-order valence-electron chi connectivity index (χ0n) is 12.3. The summed E-state index contributed by atoms with van der Waals surface area (Å²) >= 11 is 0. The Bertz CT molecular complexity index is 497. The molecule has 0 spiro atoms. The standard InChI is InChI=1S/C17H24N2O2/c20-15-11-13-3-1-2-4-14(13)17(15)19-16(21)6-5-12-7-9-18-10-8-12/h1-4,12,15,17-18,20H,5-11H2,(H,19,21)/t15-,17+/m0/s1. The van der Waals surface area contributed by atoms with Crippen molar-refractivity contribution in [3.05, 3.63) is 35.4 Å². The van der Waals surface area contributed by atoms with Gasteiger partial charge in [0.25, 0.3) is 0 Å². The van der Waals surface area contributed by atoms with Crippen LogP contribution in [0.4, 0.5) is 0 Å². The van der Waals surface area contributed by atoms with Crippen molar-refractivity contribution in [3.63, 3.8) is 0 Å². The lowest BCUT2D eigenvalue weighted by atomic mass is 9.93. The van der Waals surface area contributed by atoms with E-state index < -0.39 is 6.10 Å². The van der Waals surface area contributed by atoms with E-state index in [1.54, 1.807) is 0 Å². The third-order valence-electron chi connectivity index (χ3n) is 4.76. The zero-order valence-corrected chi connectivity index (χ0v) is 12.3. The monoisotopic (exact) mass is 288 g/mol. The molecule has 0 radical (unpaired) electrons. The van der Waals surface area contributed by atoms with Gasteiger partial charge in [-0.05, 0) is 49.4 Å². The molecule has 0 saturated carbocycles. The van der Waals surface area contributed by atoms with E-state index >= 15 is 0 Å². The van der Waals surface area contributed by atoms with Crippen LogP contribution in [-0.4, -0.2) is 30.2 Å². The zero-order chi connectivity index (χ0) is 14.7. The number of rotatable bonds is 4. The van der Waals surface area contributed by atoms with E-state index in [4.69, 9.17) is 0 Å². The Morgan fingerprint density at radius 1 is 1.29 bits per heavy atom. The number of hydrogen-bond donors (Lipinski definition) is 3. The fraction of sp³-hybridized carbons (Fsp3) is 0.588. The summed E-state index contributed by atoms with van der Waals surface area (Å²) in [5.74, 6) is 0.729. The smallest absolute Gasteiger partial charge is 0.220 e. The Labute approximate surface area is 125 Å². The number of aliphatic hydroxyl groups is 1. The summed E-state index contributed by atoms with van der Waals surface area (Å²) in [4.78, 5) is 12.2. The van der Waals surface area contributed by atoms with Crippen molar-refractivity contribution in [2.24, 2.45) is 5.92 Å². The maximum Gasteiger partial charge on any atom is 0.220 e. The minimum atomic E-state index is -0.495. The van der Waals surface area contributed by atoms with Crippen LogP contribution in [0.15, 0.2) is 24.3 Å². The van der Waals surface area contributed by atoms with E-state index in [9.17, 15) is 9.90 Å². The van der Waals surface area contributed by atoms with Crippen LogP contribution in [0.3, 0.4) is 0 Å². The molecule has 1 heterocycles. The first kappa shape index (κ1) is 14.5. The van der Waals surface area contributed by atoms with Crippen LogP contribution in [0.2, 0.25) is 0 Å². The molecule has 1 aliphatic heterocycles. The van der Waals surface area contributed by atoms with E-state index in [0.717, 1.165) is 30.6 Å². The van der Waals surface area contributed by atoms with Gasteiger partial charge in [0, 0.05) is 12.8 Å². The molecule has 0 bridgehead atoms. The van der Waals surface area contributed by atoms with Crippen LogP contribution in [0.25, 0.3) is 0 Å². The van der Waals surface area contributed by atoms with Gasteiger partial charge in [-0.3, -0.25) is 4.79 Å². The Kier molecular flexibility index (Phi) is 4.56.